The summed E-state index contributed by atoms with van der Waals surface area (Å²) in [4.78, 5) is 36.5. The Balaban J connectivity index is 1.41. The quantitative estimate of drug-likeness (QED) is 0.692. The maximum absolute atomic E-state index is 13.3. The molecule has 0 unspecified atom stereocenters. The van der Waals surface area contributed by atoms with Gasteiger partial charge in [-0.25, -0.2) is 9.78 Å². The summed E-state index contributed by atoms with van der Waals surface area (Å²) in [5, 5.41) is 11.0. The molecule has 30 heavy (non-hydrogen) atoms. The second-order valence-electron chi connectivity index (χ2n) is 7.88. The van der Waals surface area contributed by atoms with E-state index in [1.165, 1.54) is 11.3 Å². The molecule has 3 aromatic heterocycles. The fourth-order valence-corrected chi connectivity index (χ4v) is 5.31. The predicted octanol–water partition coefficient (Wildman–Crippen LogP) is 2.04. The Kier molecular flexibility index (Phi) is 4.71. The van der Waals surface area contributed by atoms with Crippen LogP contribution < -0.4 is 4.90 Å². The molecule has 0 atom stereocenters. The van der Waals surface area contributed by atoms with Crippen LogP contribution in [0.1, 0.15) is 31.3 Å². The Morgan fingerprint density at radius 2 is 1.93 bits per heavy atom. The van der Waals surface area contributed by atoms with Crippen molar-refractivity contribution in [3.63, 3.8) is 0 Å². The van der Waals surface area contributed by atoms with Crippen LogP contribution in [-0.2, 0) is 13.0 Å². The van der Waals surface area contributed by atoms with Crippen LogP contribution in [0.3, 0.4) is 0 Å². The van der Waals surface area contributed by atoms with Gasteiger partial charge in [0.25, 0.3) is 5.91 Å². The van der Waals surface area contributed by atoms with Gasteiger partial charge in [-0.1, -0.05) is 0 Å². The number of nitrogens with zero attached hydrogens (tertiary/aromatic N) is 5. The second kappa shape index (κ2) is 7.41. The minimum atomic E-state index is -0.898. The van der Waals surface area contributed by atoms with Crippen molar-refractivity contribution in [2.45, 2.75) is 13.0 Å². The molecule has 0 bridgehead atoms. The summed E-state index contributed by atoms with van der Waals surface area (Å²) >= 11 is 1.42. The Hall–Kier alpha value is -2.91. The number of carbonyl (C=O) groups excluding carboxylic acids is 1. The topological polar surface area (TPSA) is 81.4 Å². The number of carboxylic acid groups (broad SMARTS) is 1. The number of thiophene rings is 1. The molecule has 156 valence electrons. The highest BCUT2D eigenvalue weighted by molar-refractivity contribution is 7.10. The number of amides is 1. The molecule has 3 aromatic rings. The Morgan fingerprint density at radius 3 is 2.70 bits per heavy atom. The number of aromatic carboxylic acids is 1. The maximum Gasteiger partial charge on any atom is 0.336 e. The molecule has 1 saturated heterocycles. The third-order valence-electron chi connectivity index (χ3n) is 6.04. The van der Waals surface area contributed by atoms with Crippen molar-refractivity contribution in [3.05, 3.63) is 51.6 Å². The lowest BCUT2D eigenvalue weighted by Gasteiger charge is -2.34. The first-order chi connectivity index (χ1) is 14.5. The molecular formula is C21H23N5O3S. The van der Waals surface area contributed by atoms with E-state index in [-0.39, 0.29) is 5.91 Å². The summed E-state index contributed by atoms with van der Waals surface area (Å²) in [7, 11) is 2.13. The molecule has 0 aliphatic carbocycles. The summed E-state index contributed by atoms with van der Waals surface area (Å²) < 4.78 is 1.88. The highest BCUT2D eigenvalue weighted by Crippen LogP contribution is 2.29. The molecule has 0 aromatic carbocycles. The van der Waals surface area contributed by atoms with E-state index >= 15 is 0 Å². The SMILES string of the molecule is CN1CCN(c2ccc3ncc(C(=O)N4CCc5c(C(=O)O)csc5C4)n3c2)CC1. The van der Waals surface area contributed by atoms with Gasteiger partial charge in [-0.2, -0.15) is 0 Å². The average Bonchev–Trinajstić information content (AvgIpc) is 3.37. The lowest BCUT2D eigenvalue weighted by molar-refractivity contribution is 0.0695. The number of likely N-dealkylation sites (N-methyl/N-ethyl adjacent to an activating group) is 1. The zero-order chi connectivity index (χ0) is 20.8. The van der Waals surface area contributed by atoms with Crippen LogP contribution in [0.2, 0.25) is 0 Å². The summed E-state index contributed by atoms with van der Waals surface area (Å²) in [6.45, 7) is 4.90. The fourth-order valence-electron chi connectivity index (χ4n) is 4.22. The molecule has 9 heteroatoms. The lowest BCUT2D eigenvalue weighted by atomic mass is 10.0. The third-order valence-corrected chi connectivity index (χ3v) is 7.06. The van der Waals surface area contributed by atoms with Crippen LogP contribution in [-0.4, -0.2) is 75.9 Å². The summed E-state index contributed by atoms with van der Waals surface area (Å²) in [5.41, 5.74) is 3.62. The van der Waals surface area contributed by atoms with Gasteiger partial charge >= 0.3 is 5.97 Å². The first-order valence-electron chi connectivity index (χ1n) is 10.0. The van der Waals surface area contributed by atoms with E-state index < -0.39 is 5.97 Å². The highest BCUT2D eigenvalue weighted by atomic mass is 32.1. The number of carboxylic acids is 1. The average molecular weight is 426 g/mol. The largest absolute Gasteiger partial charge is 0.478 e. The molecule has 1 fully saturated rings. The number of fused-ring (bicyclic) bond motifs is 2. The van der Waals surface area contributed by atoms with Crippen molar-refractivity contribution in [2.75, 3.05) is 44.7 Å². The number of imidazole rings is 1. The number of pyridine rings is 1. The normalized spacial score (nSPS) is 17.4. The number of piperazine rings is 1. The van der Waals surface area contributed by atoms with Gasteiger partial charge in [0.1, 0.15) is 11.3 Å². The molecule has 8 nitrogen and oxygen atoms in total. The number of aromatic nitrogens is 2. The molecule has 1 amide bonds. The Morgan fingerprint density at radius 1 is 1.13 bits per heavy atom. The van der Waals surface area contributed by atoms with Crippen LogP contribution in [0.25, 0.3) is 5.65 Å². The standard InChI is InChI=1S/C21H23N5O3S/c1-23-6-8-24(9-7-23)14-2-3-19-22-10-17(26(19)11-14)20(27)25-5-4-15-16(21(28)29)13-30-18(15)12-25/h2-3,10-11,13H,4-9,12H2,1H3,(H,28,29). The van der Waals surface area contributed by atoms with Crippen molar-refractivity contribution < 1.29 is 14.7 Å². The van der Waals surface area contributed by atoms with Crippen LogP contribution >= 0.6 is 11.3 Å². The van der Waals surface area contributed by atoms with E-state index in [1.807, 2.05) is 16.7 Å². The maximum atomic E-state index is 13.3. The lowest BCUT2D eigenvalue weighted by Crippen LogP contribution is -2.44. The molecule has 5 rings (SSSR count). The van der Waals surface area contributed by atoms with Gasteiger partial charge in [-0.05, 0) is 31.2 Å². The van der Waals surface area contributed by atoms with Crippen LogP contribution in [0.15, 0.2) is 29.9 Å². The second-order valence-corrected chi connectivity index (χ2v) is 8.85. The highest BCUT2D eigenvalue weighted by Gasteiger charge is 2.28. The predicted molar refractivity (Wildman–Crippen MR) is 115 cm³/mol. The first kappa shape index (κ1) is 19.1. The first-order valence-corrected chi connectivity index (χ1v) is 10.9. The minimum absolute atomic E-state index is 0.0750. The molecule has 1 N–H and O–H groups in total. The minimum Gasteiger partial charge on any atom is -0.478 e. The van der Waals surface area contributed by atoms with Gasteiger partial charge in [0.05, 0.1) is 24.0 Å². The Labute approximate surface area is 178 Å². The monoisotopic (exact) mass is 425 g/mol. The van der Waals surface area contributed by atoms with Crippen LogP contribution in [0, 0.1) is 0 Å². The van der Waals surface area contributed by atoms with E-state index in [4.69, 9.17) is 0 Å². The molecule has 2 aliphatic heterocycles. The van der Waals surface area contributed by atoms with E-state index in [0.29, 0.717) is 30.8 Å². The number of rotatable bonds is 3. The third kappa shape index (κ3) is 3.23. The van der Waals surface area contributed by atoms with Crippen molar-refractivity contribution in [2.24, 2.45) is 0 Å². The van der Waals surface area contributed by atoms with E-state index in [1.54, 1.807) is 16.5 Å². The van der Waals surface area contributed by atoms with Crippen molar-refractivity contribution >= 4 is 34.5 Å². The molecule has 0 saturated carbocycles. The van der Waals surface area contributed by atoms with Crippen LogP contribution in [0.5, 0.6) is 0 Å². The Bertz CT molecular complexity index is 1130. The molecular weight excluding hydrogens is 402 g/mol. The molecule has 0 radical (unpaired) electrons. The van der Waals surface area contributed by atoms with Crippen molar-refractivity contribution in [3.8, 4) is 0 Å². The van der Waals surface area contributed by atoms with E-state index in [0.717, 1.165) is 48.0 Å². The van der Waals surface area contributed by atoms with Gasteiger partial charge in [0.15, 0.2) is 0 Å². The number of carbonyl (C=O) groups is 2. The fraction of sp³-hybridized carbons (Fsp3) is 0.381. The zero-order valence-corrected chi connectivity index (χ0v) is 17.6. The van der Waals surface area contributed by atoms with Crippen molar-refractivity contribution in [1.29, 1.82) is 0 Å². The number of anilines is 1. The number of hydrogen-bond acceptors (Lipinski definition) is 6. The van der Waals surface area contributed by atoms with E-state index in [2.05, 4.69) is 27.9 Å². The zero-order valence-electron chi connectivity index (χ0n) is 16.7. The summed E-state index contributed by atoms with van der Waals surface area (Å²) in [5.74, 6) is -0.973. The van der Waals surface area contributed by atoms with Crippen molar-refractivity contribution in [1.82, 2.24) is 19.2 Å². The molecule has 0 spiro atoms. The smallest absolute Gasteiger partial charge is 0.336 e. The van der Waals surface area contributed by atoms with Crippen LogP contribution in [0.4, 0.5) is 5.69 Å². The number of hydrogen-bond donors (Lipinski definition) is 1. The van der Waals surface area contributed by atoms with Gasteiger partial charge in [0, 0.05) is 49.2 Å². The summed E-state index contributed by atoms with van der Waals surface area (Å²) in [6.07, 6.45) is 4.21. The van der Waals surface area contributed by atoms with Gasteiger partial charge in [0.2, 0.25) is 0 Å². The van der Waals surface area contributed by atoms with E-state index in [9.17, 15) is 14.7 Å². The summed E-state index contributed by atoms with van der Waals surface area (Å²) in [6, 6.07) is 4.02. The van der Waals surface area contributed by atoms with Gasteiger partial charge < -0.3 is 19.8 Å². The molecule has 5 heterocycles. The van der Waals surface area contributed by atoms with Gasteiger partial charge in [-0.3, -0.25) is 9.20 Å². The molecule has 2 aliphatic rings. The van der Waals surface area contributed by atoms with Gasteiger partial charge in [-0.15, -0.1) is 11.3 Å².